The number of furan rings is 2. The van der Waals surface area contributed by atoms with Crippen LogP contribution in [-0.2, 0) is 0 Å². The Morgan fingerprint density at radius 2 is 0.743 bits per heavy atom. The van der Waals surface area contributed by atoms with Gasteiger partial charge in [0.2, 0.25) is 0 Å². The van der Waals surface area contributed by atoms with Crippen molar-refractivity contribution in [2.45, 2.75) is 0 Å². The van der Waals surface area contributed by atoms with Gasteiger partial charge < -0.3 is 18.0 Å². The Bertz CT molecular complexity index is 4570. The first-order valence-electron chi connectivity index (χ1n) is 23.5. The highest BCUT2D eigenvalue weighted by Crippen LogP contribution is 2.51. The molecule has 0 unspecified atom stereocenters. The van der Waals surface area contributed by atoms with Crippen molar-refractivity contribution in [2.24, 2.45) is 0 Å². The molecular weight excluding hydrogens is 859 g/mol. The fraction of sp³-hybridized carbons (Fsp3) is 0. The van der Waals surface area contributed by atoms with Crippen molar-refractivity contribution < 1.29 is 8.83 Å². The summed E-state index contributed by atoms with van der Waals surface area (Å²) in [7, 11) is 0. The average Bonchev–Trinajstić information content (AvgIpc) is 4.20. The van der Waals surface area contributed by atoms with E-state index in [2.05, 4.69) is 185 Å². The van der Waals surface area contributed by atoms with Gasteiger partial charge in [-0.3, -0.25) is 0 Å². The molecule has 0 aliphatic rings. The standard InChI is InChI=1S/C63H37N5O2/c1-4-18-38(19-5-1)39-32-34-41(35-33-39)62-64-61(40-20-6-2-7-21-40)65-63(66-62)47-36-37-50(59-53(47)45-26-12-16-30-51(45)69-59)68-49-29-15-11-25-44(49)55-58(68)54-43-24-10-14-28-48(43)67(42-22-8-3-9-23-42)57(54)56-46-27-13-17-31-52(46)70-60(55)56/h1-37H. The predicted molar refractivity (Wildman–Crippen MR) is 285 cm³/mol. The van der Waals surface area contributed by atoms with Crippen LogP contribution in [0.1, 0.15) is 0 Å². The van der Waals surface area contributed by atoms with E-state index in [4.69, 9.17) is 23.8 Å². The molecule has 10 aromatic carbocycles. The van der Waals surface area contributed by atoms with Gasteiger partial charge in [-0.1, -0.05) is 176 Å². The molecule has 70 heavy (non-hydrogen) atoms. The van der Waals surface area contributed by atoms with Gasteiger partial charge in [0, 0.05) is 54.7 Å². The van der Waals surface area contributed by atoms with Crippen molar-refractivity contribution in [1.82, 2.24) is 24.1 Å². The Hall–Kier alpha value is -9.59. The van der Waals surface area contributed by atoms with Crippen LogP contribution in [0.3, 0.4) is 0 Å². The second kappa shape index (κ2) is 15.0. The van der Waals surface area contributed by atoms with Crippen LogP contribution in [0.25, 0.3) is 144 Å². The van der Waals surface area contributed by atoms with E-state index in [-0.39, 0.29) is 0 Å². The third-order valence-electron chi connectivity index (χ3n) is 14.0. The Morgan fingerprint density at radius 1 is 0.300 bits per heavy atom. The summed E-state index contributed by atoms with van der Waals surface area (Å²) in [6.07, 6.45) is 0. The summed E-state index contributed by atoms with van der Waals surface area (Å²) in [5.41, 5.74) is 14.3. The van der Waals surface area contributed by atoms with E-state index in [9.17, 15) is 0 Å². The average molecular weight is 896 g/mol. The highest BCUT2D eigenvalue weighted by molar-refractivity contribution is 6.39. The third kappa shape index (κ3) is 5.60. The lowest BCUT2D eigenvalue weighted by molar-refractivity contribution is 0.666. The number of aromatic nitrogens is 5. The van der Waals surface area contributed by atoms with E-state index >= 15 is 0 Å². The summed E-state index contributed by atoms with van der Waals surface area (Å²) < 4.78 is 19.0. The first kappa shape index (κ1) is 38.5. The van der Waals surface area contributed by atoms with Crippen LogP contribution >= 0.6 is 0 Å². The summed E-state index contributed by atoms with van der Waals surface area (Å²) in [6.45, 7) is 0. The molecule has 0 saturated heterocycles. The summed E-state index contributed by atoms with van der Waals surface area (Å²) >= 11 is 0. The molecule has 0 fully saturated rings. The smallest absolute Gasteiger partial charge is 0.164 e. The van der Waals surface area contributed by atoms with Gasteiger partial charge in [0.05, 0.1) is 38.5 Å². The van der Waals surface area contributed by atoms with Crippen LogP contribution in [0.4, 0.5) is 0 Å². The van der Waals surface area contributed by atoms with E-state index in [1.54, 1.807) is 0 Å². The maximum Gasteiger partial charge on any atom is 0.164 e. The summed E-state index contributed by atoms with van der Waals surface area (Å²) in [4.78, 5) is 15.7. The molecule has 7 nitrogen and oxygen atoms in total. The van der Waals surface area contributed by atoms with Gasteiger partial charge in [0.15, 0.2) is 23.1 Å². The molecule has 15 rings (SSSR count). The van der Waals surface area contributed by atoms with Gasteiger partial charge in [-0.25, -0.2) is 15.0 Å². The molecule has 5 aromatic heterocycles. The first-order valence-corrected chi connectivity index (χ1v) is 23.5. The third-order valence-corrected chi connectivity index (χ3v) is 14.0. The van der Waals surface area contributed by atoms with Crippen molar-refractivity contribution in [3.05, 3.63) is 224 Å². The van der Waals surface area contributed by atoms with E-state index < -0.39 is 0 Å². The largest absolute Gasteiger partial charge is 0.455 e. The molecule has 0 bridgehead atoms. The summed E-state index contributed by atoms with van der Waals surface area (Å²) in [5.74, 6) is 1.73. The molecule has 0 saturated carbocycles. The lowest BCUT2D eigenvalue weighted by atomic mass is 10.0. The van der Waals surface area contributed by atoms with E-state index in [0.29, 0.717) is 17.5 Å². The van der Waals surface area contributed by atoms with Crippen LogP contribution in [0.5, 0.6) is 0 Å². The molecule has 0 amide bonds. The fourth-order valence-corrected chi connectivity index (χ4v) is 10.9. The highest BCUT2D eigenvalue weighted by Gasteiger charge is 2.29. The first-order chi connectivity index (χ1) is 34.7. The molecule has 0 atom stereocenters. The minimum Gasteiger partial charge on any atom is -0.455 e. The van der Waals surface area contributed by atoms with E-state index in [1.807, 2.05) is 48.5 Å². The molecule has 15 aromatic rings. The van der Waals surface area contributed by atoms with E-state index in [1.165, 1.54) is 0 Å². The van der Waals surface area contributed by atoms with Crippen LogP contribution in [0.15, 0.2) is 233 Å². The fourth-order valence-electron chi connectivity index (χ4n) is 10.9. The normalized spacial score (nSPS) is 12.0. The zero-order valence-electron chi connectivity index (χ0n) is 37.4. The molecule has 0 aliphatic carbocycles. The minimum atomic E-state index is 0.554. The zero-order valence-corrected chi connectivity index (χ0v) is 37.4. The van der Waals surface area contributed by atoms with Gasteiger partial charge in [0.1, 0.15) is 16.7 Å². The van der Waals surface area contributed by atoms with Crippen molar-refractivity contribution in [3.63, 3.8) is 0 Å². The Morgan fingerprint density at radius 3 is 1.41 bits per heavy atom. The van der Waals surface area contributed by atoms with Crippen molar-refractivity contribution in [2.75, 3.05) is 0 Å². The van der Waals surface area contributed by atoms with Crippen LogP contribution in [0.2, 0.25) is 0 Å². The molecule has 326 valence electrons. The number of nitrogens with zero attached hydrogens (tertiary/aromatic N) is 5. The lowest BCUT2D eigenvalue weighted by Gasteiger charge is -2.13. The quantitative estimate of drug-likeness (QED) is 0.166. The van der Waals surface area contributed by atoms with Crippen molar-refractivity contribution in [3.8, 4) is 56.7 Å². The number of rotatable bonds is 6. The Kier molecular flexibility index (Phi) is 8.23. The van der Waals surface area contributed by atoms with Crippen LogP contribution in [0, 0.1) is 0 Å². The van der Waals surface area contributed by atoms with Gasteiger partial charge in [-0.05, 0) is 59.7 Å². The van der Waals surface area contributed by atoms with Crippen molar-refractivity contribution >= 4 is 87.5 Å². The Labute approximate surface area is 399 Å². The Balaban J connectivity index is 1.06. The SMILES string of the molecule is c1ccc(-c2ccc(-c3nc(-c4ccccc4)nc(-c4ccc(-n5c6ccccc6c6c7oc8ccccc8c7c7c(c8ccccc8n7-c7ccccc7)c65)c5oc6ccccc6c45)n3)cc2)cc1. The van der Waals surface area contributed by atoms with Gasteiger partial charge in [0.25, 0.3) is 0 Å². The minimum absolute atomic E-state index is 0.554. The van der Waals surface area contributed by atoms with E-state index in [0.717, 1.165) is 127 Å². The van der Waals surface area contributed by atoms with Crippen molar-refractivity contribution in [1.29, 1.82) is 0 Å². The molecule has 0 spiro atoms. The monoisotopic (exact) mass is 895 g/mol. The molecule has 0 aliphatic heterocycles. The molecule has 0 radical (unpaired) electrons. The van der Waals surface area contributed by atoms with Crippen LogP contribution < -0.4 is 0 Å². The molecular formula is C63H37N5O2. The van der Waals surface area contributed by atoms with Gasteiger partial charge in [-0.15, -0.1) is 0 Å². The predicted octanol–water partition coefficient (Wildman–Crippen LogP) is 16.5. The van der Waals surface area contributed by atoms with Gasteiger partial charge in [-0.2, -0.15) is 0 Å². The molecule has 7 heteroatoms. The maximum atomic E-state index is 7.14. The zero-order chi connectivity index (χ0) is 45.9. The second-order valence-electron chi connectivity index (χ2n) is 17.8. The summed E-state index contributed by atoms with van der Waals surface area (Å²) in [5, 5.41) is 8.45. The number of hydrogen-bond donors (Lipinski definition) is 0. The lowest BCUT2D eigenvalue weighted by Crippen LogP contribution is -2.01. The number of benzene rings is 10. The maximum absolute atomic E-state index is 7.14. The summed E-state index contributed by atoms with van der Waals surface area (Å²) in [6, 6.07) is 78.1. The molecule has 0 N–H and O–H groups in total. The second-order valence-corrected chi connectivity index (χ2v) is 17.8. The number of fused-ring (bicyclic) bond motifs is 15. The highest BCUT2D eigenvalue weighted by atomic mass is 16.3. The molecule has 5 heterocycles. The number of hydrogen-bond acceptors (Lipinski definition) is 5. The number of para-hydroxylation sites is 5. The van der Waals surface area contributed by atoms with Crippen LogP contribution in [-0.4, -0.2) is 24.1 Å². The topological polar surface area (TPSA) is 74.8 Å². The van der Waals surface area contributed by atoms with Gasteiger partial charge >= 0.3 is 0 Å².